The number of aldehydes is 1. The molecule has 1 saturated heterocycles. The number of carbonyl (C=O) groups excluding carboxylic acids is 1. The molecular weight excluding hydrogens is 350 g/mol. The fourth-order valence-electron chi connectivity index (χ4n) is 4.38. The topological polar surface area (TPSA) is 67.6 Å². The van der Waals surface area contributed by atoms with Crippen molar-refractivity contribution >= 4 is 12.0 Å². The van der Waals surface area contributed by atoms with Gasteiger partial charge >= 0.3 is 0 Å². The third kappa shape index (κ3) is 4.13. The van der Waals surface area contributed by atoms with E-state index in [2.05, 4.69) is 41.0 Å². The summed E-state index contributed by atoms with van der Waals surface area (Å²) in [7, 11) is 0. The van der Waals surface area contributed by atoms with Crippen LogP contribution in [0.5, 0.6) is 0 Å². The maximum absolute atomic E-state index is 11.4. The van der Waals surface area contributed by atoms with Crippen molar-refractivity contribution in [2.24, 2.45) is 0 Å². The van der Waals surface area contributed by atoms with Crippen molar-refractivity contribution < 1.29 is 9.90 Å². The third-order valence-electron chi connectivity index (χ3n) is 5.89. The average Bonchev–Trinajstić information content (AvgIpc) is 2.73. The maximum atomic E-state index is 11.4. The molecule has 148 valence electrons. The van der Waals surface area contributed by atoms with Crippen LogP contribution in [0.15, 0.2) is 35.6 Å². The molecule has 2 aliphatic rings. The van der Waals surface area contributed by atoms with Crippen LogP contribution in [0.2, 0.25) is 0 Å². The number of piperidine rings is 1. The number of aliphatic hydroxyl groups is 1. The van der Waals surface area contributed by atoms with E-state index in [-0.39, 0.29) is 6.61 Å². The number of aliphatic hydroxyl groups excluding tert-OH is 1. The van der Waals surface area contributed by atoms with Crippen LogP contribution in [-0.2, 0) is 0 Å². The van der Waals surface area contributed by atoms with Gasteiger partial charge in [-0.2, -0.15) is 5.26 Å². The van der Waals surface area contributed by atoms with Crippen LogP contribution in [-0.4, -0.2) is 48.6 Å². The highest BCUT2D eigenvalue weighted by Gasteiger charge is 2.27. The summed E-state index contributed by atoms with van der Waals surface area (Å²) in [5.74, 6) is 0. The molecule has 1 aromatic carbocycles. The van der Waals surface area contributed by atoms with Gasteiger partial charge in [-0.25, -0.2) is 0 Å². The zero-order chi connectivity index (χ0) is 20.1. The summed E-state index contributed by atoms with van der Waals surface area (Å²) in [6.07, 6.45) is 8.84. The zero-order valence-corrected chi connectivity index (χ0v) is 16.8. The highest BCUT2D eigenvalue weighted by atomic mass is 16.3. The van der Waals surface area contributed by atoms with Gasteiger partial charge in [0.15, 0.2) is 0 Å². The summed E-state index contributed by atoms with van der Waals surface area (Å²) in [6, 6.07) is 6.68. The van der Waals surface area contributed by atoms with Crippen LogP contribution in [0.25, 0.3) is 0 Å². The summed E-state index contributed by atoms with van der Waals surface area (Å²) < 4.78 is 0. The van der Waals surface area contributed by atoms with Crippen molar-refractivity contribution in [2.45, 2.75) is 45.6 Å². The normalized spacial score (nSPS) is 17.6. The Hall–Kier alpha value is -2.58. The van der Waals surface area contributed by atoms with E-state index in [4.69, 9.17) is 0 Å². The number of benzene rings is 1. The Morgan fingerprint density at radius 2 is 2.04 bits per heavy atom. The van der Waals surface area contributed by atoms with Gasteiger partial charge in [0.25, 0.3) is 0 Å². The van der Waals surface area contributed by atoms with Gasteiger partial charge in [-0.05, 0) is 62.8 Å². The molecule has 3 rings (SSSR count). The van der Waals surface area contributed by atoms with E-state index in [9.17, 15) is 15.2 Å². The Labute approximate surface area is 167 Å². The van der Waals surface area contributed by atoms with E-state index in [1.807, 2.05) is 13.0 Å². The summed E-state index contributed by atoms with van der Waals surface area (Å²) in [4.78, 5) is 16.0. The van der Waals surface area contributed by atoms with Gasteiger partial charge in [-0.1, -0.05) is 12.1 Å². The van der Waals surface area contributed by atoms with Crippen molar-refractivity contribution in [2.75, 3.05) is 31.1 Å². The lowest BCUT2D eigenvalue weighted by Gasteiger charge is -2.42. The zero-order valence-electron chi connectivity index (χ0n) is 16.8. The first-order chi connectivity index (χ1) is 13.6. The van der Waals surface area contributed by atoms with Crippen LogP contribution >= 0.6 is 0 Å². The third-order valence-corrected chi connectivity index (χ3v) is 5.89. The van der Waals surface area contributed by atoms with Crippen LogP contribution < -0.4 is 4.90 Å². The Morgan fingerprint density at radius 1 is 1.29 bits per heavy atom. The van der Waals surface area contributed by atoms with Crippen LogP contribution in [0, 0.1) is 25.2 Å². The van der Waals surface area contributed by atoms with Gasteiger partial charge in [-0.15, -0.1) is 0 Å². The Balaban J connectivity index is 1.79. The molecule has 0 radical (unpaired) electrons. The number of aryl methyl sites for hydroxylation is 2. The first kappa shape index (κ1) is 20.2. The molecule has 0 unspecified atom stereocenters. The number of nitrogens with zero attached hydrogens (tertiary/aromatic N) is 3. The van der Waals surface area contributed by atoms with Crippen molar-refractivity contribution in [3.05, 3.63) is 52.2 Å². The fraction of sp³-hybridized carbons (Fsp3) is 0.478. The number of carbonyl (C=O) groups is 1. The van der Waals surface area contributed by atoms with E-state index in [0.717, 1.165) is 73.1 Å². The van der Waals surface area contributed by atoms with Crippen molar-refractivity contribution in [1.82, 2.24) is 4.90 Å². The minimum Gasteiger partial charge on any atom is -0.395 e. The highest BCUT2D eigenvalue weighted by Crippen LogP contribution is 2.31. The number of hydrogen-bond donors (Lipinski definition) is 1. The number of hydrogen-bond acceptors (Lipinski definition) is 5. The lowest BCUT2D eigenvalue weighted by molar-refractivity contribution is 0.112. The van der Waals surface area contributed by atoms with Gasteiger partial charge < -0.3 is 14.9 Å². The van der Waals surface area contributed by atoms with Gasteiger partial charge in [0.2, 0.25) is 0 Å². The number of nitriles is 1. The summed E-state index contributed by atoms with van der Waals surface area (Å²) >= 11 is 0. The smallest absolute Gasteiger partial charge is 0.150 e. The molecule has 5 nitrogen and oxygen atoms in total. The minimum absolute atomic E-state index is 0.0798. The van der Waals surface area contributed by atoms with Gasteiger partial charge in [0.1, 0.15) is 6.29 Å². The van der Waals surface area contributed by atoms with E-state index in [1.54, 1.807) is 0 Å². The molecule has 5 heteroatoms. The number of rotatable bonds is 6. The maximum Gasteiger partial charge on any atom is 0.150 e. The summed E-state index contributed by atoms with van der Waals surface area (Å²) in [5, 5.41) is 19.1. The Kier molecular flexibility index (Phi) is 6.53. The van der Waals surface area contributed by atoms with E-state index >= 15 is 0 Å². The molecule has 0 bridgehead atoms. The predicted octanol–water partition coefficient (Wildman–Crippen LogP) is 3.51. The SMILES string of the molecule is Cc1cc(C)c(N(CCO)C2CCN(C3=C(C#N)CCC=C3)CC2)cc1C=O. The quantitative estimate of drug-likeness (QED) is 0.766. The number of likely N-dealkylation sites (tertiary alicyclic amines) is 1. The summed E-state index contributed by atoms with van der Waals surface area (Å²) in [6.45, 7) is 6.43. The molecule has 0 saturated carbocycles. The van der Waals surface area contributed by atoms with Crippen molar-refractivity contribution in [1.29, 1.82) is 5.26 Å². The van der Waals surface area contributed by atoms with Gasteiger partial charge in [0.05, 0.1) is 23.9 Å². The monoisotopic (exact) mass is 379 g/mol. The highest BCUT2D eigenvalue weighted by molar-refractivity contribution is 5.80. The largest absolute Gasteiger partial charge is 0.395 e. The lowest BCUT2D eigenvalue weighted by Crippen LogP contribution is -2.46. The Morgan fingerprint density at radius 3 is 2.68 bits per heavy atom. The first-order valence-corrected chi connectivity index (χ1v) is 10.1. The molecular formula is C23H29N3O2. The summed E-state index contributed by atoms with van der Waals surface area (Å²) in [5.41, 5.74) is 5.82. The number of allylic oxidation sites excluding steroid dienone is 3. The van der Waals surface area contributed by atoms with Crippen molar-refractivity contribution in [3.8, 4) is 6.07 Å². The average molecular weight is 380 g/mol. The van der Waals surface area contributed by atoms with Crippen LogP contribution in [0.3, 0.4) is 0 Å². The molecule has 1 aromatic rings. The van der Waals surface area contributed by atoms with Gasteiger partial charge in [0, 0.05) is 36.9 Å². The molecule has 1 heterocycles. The predicted molar refractivity (Wildman–Crippen MR) is 111 cm³/mol. The van der Waals surface area contributed by atoms with Crippen LogP contribution in [0.4, 0.5) is 5.69 Å². The number of anilines is 1. The molecule has 1 fully saturated rings. The first-order valence-electron chi connectivity index (χ1n) is 10.1. The minimum atomic E-state index is 0.0798. The van der Waals surface area contributed by atoms with E-state index in [0.29, 0.717) is 18.2 Å². The standard InChI is InChI=1S/C23H29N3O2/c1-17-13-18(2)23(14-20(17)16-28)26(11-12-27)21-7-9-25(10-8-21)22-6-4-3-5-19(22)15-24/h4,6,13-14,16,21,27H,3,5,7-12H2,1-2H3. The van der Waals surface area contributed by atoms with E-state index < -0.39 is 0 Å². The van der Waals surface area contributed by atoms with Crippen LogP contribution in [0.1, 0.15) is 47.2 Å². The molecule has 0 atom stereocenters. The van der Waals surface area contributed by atoms with Gasteiger partial charge in [-0.3, -0.25) is 4.79 Å². The second kappa shape index (κ2) is 9.07. The lowest BCUT2D eigenvalue weighted by atomic mass is 9.96. The Bertz CT molecular complexity index is 827. The van der Waals surface area contributed by atoms with Crippen molar-refractivity contribution in [3.63, 3.8) is 0 Å². The molecule has 0 spiro atoms. The second-order valence-electron chi connectivity index (χ2n) is 7.66. The fourth-order valence-corrected chi connectivity index (χ4v) is 4.38. The second-order valence-corrected chi connectivity index (χ2v) is 7.66. The molecule has 1 aliphatic carbocycles. The molecule has 0 amide bonds. The van der Waals surface area contributed by atoms with E-state index in [1.165, 1.54) is 0 Å². The molecule has 1 N–H and O–H groups in total. The molecule has 28 heavy (non-hydrogen) atoms. The molecule has 0 aromatic heterocycles. The molecule has 1 aliphatic heterocycles.